The molecular weight excluding hydrogens is 601 g/mol. The summed E-state index contributed by atoms with van der Waals surface area (Å²) in [6.45, 7) is 6.33. The van der Waals surface area contributed by atoms with Gasteiger partial charge in [-0.25, -0.2) is 4.98 Å². The van der Waals surface area contributed by atoms with Crippen molar-refractivity contribution >= 4 is 56.4 Å². The van der Waals surface area contributed by atoms with Crippen LogP contribution in [0.2, 0.25) is 0 Å². The topological polar surface area (TPSA) is 73.4 Å². The number of nitrogens with one attached hydrogen (secondary N) is 3. The number of nitrogens with zero attached hydrogens (tertiary/aromatic N) is 1. The third-order valence-electron chi connectivity index (χ3n) is 9.45. The lowest BCUT2D eigenvalue weighted by Gasteiger charge is -2.05. The van der Waals surface area contributed by atoms with Gasteiger partial charge >= 0.3 is 0 Å². The number of fused-ring (bicyclic) bond motifs is 12. The van der Waals surface area contributed by atoms with Crippen LogP contribution in [-0.2, 0) is 0 Å². The Hall–Kier alpha value is -6.33. The molecule has 10 bridgehead atoms. The van der Waals surface area contributed by atoms with E-state index in [0.717, 1.165) is 89.0 Å². The first-order chi connectivity index (χ1) is 24.0. The van der Waals surface area contributed by atoms with E-state index in [1.54, 1.807) is 0 Å². The number of aromatic nitrogens is 4. The Bertz CT molecular complexity index is 2710. The van der Waals surface area contributed by atoms with Gasteiger partial charge in [-0.1, -0.05) is 89.5 Å². The van der Waals surface area contributed by atoms with Gasteiger partial charge < -0.3 is 19.4 Å². The van der Waals surface area contributed by atoms with Gasteiger partial charge in [0.2, 0.25) is 0 Å². The molecule has 5 heteroatoms. The molecule has 9 rings (SSSR count). The number of hydrogen-bond donors (Lipinski definition) is 3. The van der Waals surface area contributed by atoms with Gasteiger partial charge in [-0.3, -0.25) is 0 Å². The number of rotatable bonds is 3. The predicted octanol–water partition coefficient (Wildman–Crippen LogP) is 11.9. The van der Waals surface area contributed by atoms with E-state index in [-0.39, 0.29) is 0 Å². The molecule has 6 heterocycles. The Morgan fingerprint density at radius 1 is 0.367 bits per heavy atom. The first kappa shape index (κ1) is 28.9. The monoisotopic (exact) mass is 634 g/mol. The molecule has 5 nitrogen and oxygen atoms in total. The molecule has 8 aromatic rings. The van der Waals surface area contributed by atoms with Crippen LogP contribution in [0.25, 0.3) is 89.8 Å². The number of H-pyrrole nitrogens is 3. The van der Waals surface area contributed by atoms with Crippen molar-refractivity contribution in [3.8, 4) is 33.4 Å². The highest BCUT2D eigenvalue weighted by molar-refractivity contribution is 5.99. The highest BCUT2D eigenvalue weighted by Gasteiger charge is 2.16. The van der Waals surface area contributed by atoms with Crippen molar-refractivity contribution in [2.45, 2.75) is 20.8 Å². The van der Waals surface area contributed by atoms with Crippen molar-refractivity contribution in [1.82, 2.24) is 19.9 Å². The highest BCUT2D eigenvalue weighted by atomic mass is 16.3. The molecule has 0 fully saturated rings. The number of aryl methyl sites for hydroxylation is 3. The number of aromatic amines is 3. The summed E-state index contributed by atoms with van der Waals surface area (Å²) in [6, 6.07) is 42.8. The first-order valence-electron chi connectivity index (χ1n) is 16.6. The smallest absolute Gasteiger partial charge is 0.137 e. The molecular formula is C44H34N4O. The SMILES string of the molecule is Cc1ccc(-c2c3ccc([nH]3)c3nc(c(-c4ccc(C)cc4)c4ccc(o4)c(-c4ccc(C)cc4)c4ccc([nH]4)c4ccc2[nH]4)C=C3)cc1. The molecule has 0 saturated heterocycles. The zero-order valence-corrected chi connectivity index (χ0v) is 27.6. The Balaban J connectivity index is 1.44. The van der Waals surface area contributed by atoms with E-state index in [1.165, 1.54) is 16.7 Å². The summed E-state index contributed by atoms with van der Waals surface area (Å²) in [5.41, 5.74) is 19.1. The van der Waals surface area contributed by atoms with Crippen LogP contribution in [0, 0.1) is 20.8 Å². The normalized spacial score (nSPS) is 11.9. The summed E-state index contributed by atoms with van der Waals surface area (Å²) in [5, 5.41) is 0. The minimum Gasteiger partial charge on any atom is -0.456 e. The van der Waals surface area contributed by atoms with Crippen molar-refractivity contribution in [2.24, 2.45) is 0 Å². The van der Waals surface area contributed by atoms with Gasteiger partial charge in [-0.2, -0.15) is 0 Å². The van der Waals surface area contributed by atoms with E-state index >= 15 is 0 Å². The Morgan fingerprint density at radius 3 is 1.31 bits per heavy atom. The van der Waals surface area contributed by atoms with Crippen molar-refractivity contribution < 1.29 is 4.42 Å². The standard InChI is InChI=1S/C44H34N4O/c1-26-4-10-29(11-5-26)42-36-20-16-32(45-36)34-18-22-38(47-34)43(30-12-6-27(2)7-13-30)40-24-25-41(49-40)44(31-14-8-28(3)9-15-31)39-23-19-35(48-39)33-17-21-37(42)46-33/h4-25,45-47H,1-3H3. The lowest BCUT2D eigenvalue weighted by molar-refractivity contribution is 0.668. The second-order valence-electron chi connectivity index (χ2n) is 13.0. The average molecular weight is 635 g/mol. The molecule has 0 aliphatic carbocycles. The minimum atomic E-state index is 0.761. The molecule has 0 radical (unpaired) electrons. The quantitative estimate of drug-likeness (QED) is 0.181. The molecule has 49 heavy (non-hydrogen) atoms. The Morgan fingerprint density at radius 2 is 0.755 bits per heavy atom. The van der Waals surface area contributed by atoms with E-state index in [0.29, 0.717) is 0 Å². The van der Waals surface area contributed by atoms with Gasteiger partial charge in [0.25, 0.3) is 0 Å². The third kappa shape index (κ3) is 5.17. The summed E-state index contributed by atoms with van der Waals surface area (Å²) < 4.78 is 6.83. The van der Waals surface area contributed by atoms with Crippen LogP contribution in [-0.4, -0.2) is 19.9 Å². The summed E-state index contributed by atoms with van der Waals surface area (Å²) in [7, 11) is 0. The van der Waals surface area contributed by atoms with Crippen molar-refractivity contribution in [1.29, 1.82) is 0 Å². The van der Waals surface area contributed by atoms with E-state index < -0.39 is 0 Å². The molecule has 0 saturated carbocycles. The summed E-state index contributed by atoms with van der Waals surface area (Å²) in [5.74, 6) is 0. The summed E-state index contributed by atoms with van der Waals surface area (Å²) in [4.78, 5) is 16.3. The zero-order chi connectivity index (χ0) is 33.1. The van der Waals surface area contributed by atoms with Crippen molar-refractivity contribution in [2.75, 3.05) is 0 Å². The molecule has 5 aromatic heterocycles. The molecule has 3 N–H and O–H groups in total. The number of hydrogen-bond acceptors (Lipinski definition) is 2. The maximum Gasteiger partial charge on any atom is 0.137 e. The van der Waals surface area contributed by atoms with Crippen molar-refractivity contribution in [3.05, 3.63) is 149 Å². The lowest BCUT2D eigenvalue weighted by atomic mass is 10.0. The fourth-order valence-electron chi connectivity index (χ4n) is 6.81. The zero-order valence-electron chi connectivity index (χ0n) is 27.6. The molecule has 0 amide bonds. The average Bonchev–Trinajstić information content (AvgIpc) is 3.96. The fraction of sp³-hybridized carbons (Fsp3) is 0.0682. The fourth-order valence-corrected chi connectivity index (χ4v) is 6.81. The second kappa shape index (κ2) is 11.4. The van der Waals surface area contributed by atoms with E-state index in [9.17, 15) is 0 Å². The van der Waals surface area contributed by atoms with Crippen LogP contribution in [0.3, 0.4) is 0 Å². The van der Waals surface area contributed by atoms with E-state index in [1.807, 2.05) is 0 Å². The number of furan rings is 1. The summed E-state index contributed by atoms with van der Waals surface area (Å²) in [6.07, 6.45) is 4.17. The van der Waals surface area contributed by atoms with Crippen LogP contribution >= 0.6 is 0 Å². The molecule has 0 spiro atoms. The molecule has 1 aliphatic heterocycles. The maximum atomic E-state index is 6.83. The van der Waals surface area contributed by atoms with Crippen molar-refractivity contribution in [3.63, 3.8) is 0 Å². The minimum absolute atomic E-state index is 0.761. The lowest BCUT2D eigenvalue weighted by Crippen LogP contribution is -1.85. The largest absolute Gasteiger partial charge is 0.456 e. The molecule has 0 atom stereocenters. The van der Waals surface area contributed by atoms with Gasteiger partial charge in [0.1, 0.15) is 11.2 Å². The van der Waals surface area contributed by atoms with Gasteiger partial charge in [-0.15, -0.1) is 0 Å². The highest BCUT2D eigenvalue weighted by Crippen LogP contribution is 2.36. The summed E-state index contributed by atoms with van der Waals surface area (Å²) >= 11 is 0. The van der Waals surface area contributed by atoms with Crippen LogP contribution in [0.4, 0.5) is 0 Å². The molecule has 0 unspecified atom stereocenters. The van der Waals surface area contributed by atoms with Crippen LogP contribution in [0.5, 0.6) is 0 Å². The van der Waals surface area contributed by atoms with Gasteiger partial charge in [0, 0.05) is 22.2 Å². The van der Waals surface area contributed by atoms with Gasteiger partial charge in [0.15, 0.2) is 0 Å². The van der Waals surface area contributed by atoms with Crippen LogP contribution in [0.1, 0.15) is 28.1 Å². The van der Waals surface area contributed by atoms with E-state index in [4.69, 9.17) is 9.40 Å². The maximum absolute atomic E-state index is 6.83. The third-order valence-corrected chi connectivity index (χ3v) is 9.45. The first-order valence-corrected chi connectivity index (χ1v) is 16.6. The van der Waals surface area contributed by atoms with E-state index in [2.05, 4.69) is 169 Å². The van der Waals surface area contributed by atoms with Gasteiger partial charge in [-0.05, 0) is 98.1 Å². The molecule has 1 aliphatic rings. The Kier molecular flexibility index (Phi) is 6.73. The molecule has 236 valence electrons. The van der Waals surface area contributed by atoms with Crippen LogP contribution < -0.4 is 0 Å². The number of benzene rings is 3. The second-order valence-corrected chi connectivity index (χ2v) is 13.0. The van der Waals surface area contributed by atoms with Crippen LogP contribution in [0.15, 0.2) is 126 Å². The van der Waals surface area contributed by atoms with Gasteiger partial charge in [0.05, 0.1) is 39.0 Å². The predicted molar refractivity (Wildman–Crippen MR) is 204 cm³/mol. The Labute approximate surface area is 283 Å². The molecule has 3 aromatic carbocycles.